The molecule has 1 fully saturated rings. The molecular formula is C14H21N5O3. The van der Waals surface area contributed by atoms with Crippen molar-refractivity contribution in [3.8, 4) is 0 Å². The second kappa shape index (κ2) is 6.35. The first-order valence-corrected chi connectivity index (χ1v) is 7.66. The molecule has 2 aliphatic rings. The number of aromatic amines is 1. The predicted molar refractivity (Wildman–Crippen MR) is 78.2 cm³/mol. The summed E-state index contributed by atoms with van der Waals surface area (Å²) in [5.74, 6) is 0.0246. The van der Waals surface area contributed by atoms with Crippen LogP contribution in [0.15, 0.2) is 6.33 Å². The summed E-state index contributed by atoms with van der Waals surface area (Å²) in [5, 5.41) is 3.23. The molecule has 0 spiro atoms. The van der Waals surface area contributed by atoms with Gasteiger partial charge in [-0.3, -0.25) is 4.79 Å². The monoisotopic (exact) mass is 307 g/mol. The first kappa shape index (κ1) is 14.8. The fraction of sp³-hybridized carbons (Fsp3) is 0.643. The van der Waals surface area contributed by atoms with Gasteiger partial charge >= 0.3 is 6.09 Å². The number of amides is 2. The first-order chi connectivity index (χ1) is 10.7. The minimum absolute atomic E-state index is 0.0246. The molecule has 22 heavy (non-hydrogen) atoms. The summed E-state index contributed by atoms with van der Waals surface area (Å²) in [4.78, 5) is 35.2. The van der Waals surface area contributed by atoms with Crippen LogP contribution in [0.25, 0.3) is 0 Å². The smallest absolute Gasteiger partial charge is 0.409 e. The third-order valence-electron chi connectivity index (χ3n) is 4.11. The lowest BCUT2D eigenvalue weighted by Crippen LogP contribution is -2.53. The van der Waals surface area contributed by atoms with E-state index in [0.717, 1.165) is 24.4 Å². The Balaban J connectivity index is 1.60. The highest BCUT2D eigenvalue weighted by Crippen LogP contribution is 2.22. The van der Waals surface area contributed by atoms with Crippen LogP contribution in [-0.4, -0.2) is 71.1 Å². The van der Waals surface area contributed by atoms with Gasteiger partial charge in [-0.05, 0) is 6.92 Å². The zero-order chi connectivity index (χ0) is 15.5. The van der Waals surface area contributed by atoms with Crippen LogP contribution in [0.2, 0.25) is 0 Å². The molecule has 120 valence electrons. The van der Waals surface area contributed by atoms with Crippen molar-refractivity contribution in [3.05, 3.63) is 17.7 Å². The Labute approximate surface area is 128 Å². The maximum Gasteiger partial charge on any atom is 0.409 e. The van der Waals surface area contributed by atoms with E-state index >= 15 is 0 Å². The van der Waals surface area contributed by atoms with Crippen LogP contribution in [0, 0.1) is 0 Å². The fourth-order valence-electron chi connectivity index (χ4n) is 2.93. The van der Waals surface area contributed by atoms with Gasteiger partial charge in [-0.25, -0.2) is 9.78 Å². The largest absolute Gasteiger partial charge is 0.450 e. The molecule has 2 amide bonds. The highest BCUT2D eigenvalue weighted by molar-refractivity contribution is 5.83. The molecule has 1 aromatic heterocycles. The molecule has 0 bridgehead atoms. The summed E-state index contributed by atoms with van der Waals surface area (Å²) in [6, 6.07) is -0.385. The number of nitrogens with zero attached hydrogens (tertiary/aromatic N) is 3. The molecule has 8 heteroatoms. The Bertz CT molecular complexity index is 550. The van der Waals surface area contributed by atoms with Crippen LogP contribution in [-0.2, 0) is 16.0 Å². The van der Waals surface area contributed by atoms with Crippen molar-refractivity contribution >= 4 is 12.0 Å². The number of ether oxygens (including phenoxy) is 1. The van der Waals surface area contributed by atoms with Crippen molar-refractivity contribution in [1.82, 2.24) is 25.1 Å². The first-order valence-electron chi connectivity index (χ1n) is 7.66. The van der Waals surface area contributed by atoms with Crippen LogP contribution in [0.4, 0.5) is 4.79 Å². The molecular weight excluding hydrogens is 286 g/mol. The number of carbonyl (C=O) groups is 2. The van der Waals surface area contributed by atoms with Gasteiger partial charge in [0, 0.05) is 44.8 Å². The van der Waals surface area contributed by atoms with Gasteiger partial charge in [-0.2, -0.15) is 0 Å². The van der Waals surface area contributed by atoms with E-state index in [1.165, 1.54) is 0 Å². The summed E-state index contributed by atoms with van der Waals surface area (Å²) < 4.78 is 4.99. The zero-order valence-electron chi connectivity index (χ0n) is 12.7. The van der Waals surface area contributed by atoms with Gasteiger partial charge in [0.1, 0.15) is 6.04 Å². The molecule has 2 aliphatic heterocycles. The summed E-state index contributed by atoms with van der Waals surface area (Å²) in [6.07, 6.45) is 2.19. The van der Waals surface area contributed by atoms with Gasteiger partial charge < -0.3 is 24.8 Å². The minimum Gasteiger partial charge on any atom is -0.450 e. The van der Waals surface area contributed by atoms with Crippen LogP contribution in [0.3, 0.4) is 0 Å². The lowest BCUT2D eigenvalue weighted by Gasteiger charge is -2.36. The quantitative estimate of drug-likeness (QED) is 0.796. The average Bonchev–Trinajstić information content (AvgIpc) is 3.03. The van der Waals surface area contributed by atoms with E-state index in [9.17, 15) is 9.59 Å². The van der Waals surface area contributed by atoms with Crippen molar-refractivity contribution in [1.29, 1.82) is 0 Å². The van der Waals surface area contributed by atoms with E-state index in [1.807, 2.05) is 0 Å². The Morgan fingerprint density at radius 1 is 1.32 bits per heavy atom. The Morgan fingerprint density at radius 3 is 2.77 bits per heavy atom. The lowest BCUT2D eigenvalue weighted by molar-refractivity contribution is -0.135. The van der Waals surface area contributed by atoms with Crippen molar-refractivity contribution in [2.45, 2.75) is 19.4 Å². The minimum atomic E-state index is -0.385. The van der Waals surface area contributed by atoms with Crippen LogP contribution in [0.1, 0.15) is 24.4 Å². The van der Waals surface area contributed by atoms with Gasteiger partial charge in [0.25, 0.3) is 0 Å². The highest BCUT2D eigenvalue weighted by atomic mass is 16.6. The third-order valence-corrected chi connectivity index (χ3v) is 4.11. The number of carbonyl (C=O) groups excluding carboxylic acids is 2. The van der Waals surface area contributed by atoms with Gasteiger partial charge in [0.2, 0.25) is 5.91 Å². The maximum absolute atomic E-state index is 12.7. The number of hydrogen-bond acceptors (Lipinski definition) is 5. The SMILES string of the molecule is CCOC(=O)N1CCN(C(=O)[C@@H]2NCCc3[nH]cnc32)CC1. The van der Waals surface area contributed by atoms with Crippen molar-refractivity contribution in [2.75, 3.05) is 39.3 Å². The molecule has 3 heterocycles. The number of imidazole rings is 1. The van der Waals surface area contributed by atoms with E-state index < -0.39 is 0 Å². The Kier molecular flexibility index (Phi) is 4.28. The van der Waals surface area contributed by atoms with E-state index in [-0.39, 0.29) is 18.0 Å². The van der Waals surface area contributed by atoms with Crippen molar-refractivity contribution in [2.24, 2.45) is 0 Å². The van der Waals surface area contributed by atoms with Crippen LogP contribution in [0.5, 0.6) is 0 Å². The van der Waals surface area contributed by atoms with Crippen molar-refractivity contribution in [3.63, 3.8) is 0 Å². The molecule has 2 N–H and O–H groups in total. The maximum atomic E-state index is 12.7. The standard InChI is InChI=1S/C14H21N5O3/c1-2-22-14(21)19-7-5-18(6-8-19)13(20)12-11-10(3-4-15-12)16-9-17-11/h9,12,15H,2-8H2,1H3,(H,16,17)/t12-/m1/s1. The van der Waals surface area contributed by atoms with Gasteiger partial charge in [-0.1, -0.05) is 0 Å². The predicted octanol–water partition coefficient (Wildman–Crippen LogP) is -0.103. The molecule has 1 saturated heterocycles. The molecule has 8 nitrogen and oxygen atoms in total. The summed E-state index contributed by atoms with van der Waals surface area (Å²) >= 11 is 0. The van der Waals surface area contributed by atoms with Crippen LogP contribution < -0.4 is 5.32 Å². The number of rotatable bonds is 2. The van der Waals surface area contributed by atoms with Crippen LogP contribution >= 0.6 is 0 Å². The molecule has 0 radical (unpaired) electrons. The van der Waals surface area contributed by atoms with E-state index in [2.05, 4.69) is 15.3 Å². The second-order valence-corrected chi connectivity index (χ2v) is 5.41. The summed E-state index contributed by atoms with van der Waals surface area (Å²) in [7, 11) is 0. The normalized spacial score (nSPS) is 21.4. The topological polar surface area (TPSA) is 90.6 Å². The van der Waals surface area contributed by atoms with Gasteiger partial charge in [0.15, 0.2) is 0 Å². The summed E-state index contributed by atoms with van der Waals surface area (Å²) in [6.45, 7) is 4.97. The van der Waals surface area contributed by atoms with Gasteiger partial charge in [-0.15, -0.1) is 0 Å². The highest BCUT2D eigenvalue weighted by Gasteiger charge is 2.33. The molecule has 0 saturated carbocycles. The molecule has 1 aromatic rings. The Hall–Kier alpha value is -2.09. The number of nitrogens with one attached hydrogen (secondary N) is 2. The third kappa shape index (κ3) is 2.78. The lowest BCUT2D eigenvalue weighted by atomic mass is 10.0. The molecule has 0 aromatic carbocycles. The van der Waals surface area contributed by atoms with E-state index in [0.29, 0.717) is 32.8 Å². The fourth-order valence-corrected chi connectivity index (χ4v) is 2.93. The zero-order valence-corrected chi connectivity index (χ0v) is 12.7. The Morgan fingerprint density at radius 2 is 2.05 bits per heavy atom. The number of H-pyrrole nitrogens is 1. The summed E-state index contributed by atoms with van der Waals surface area (Å²) in [5.41, 5.74) is 1.83. The van der Waals surface area contributed by atoms with Gasteiger partial charge in [0.05, 0.1) is 18.6 Å². The molecule has 0 aliphatic carbocycles. The molecule has 3 rings (SSSR count). The number of piperazine rings is 1. The second-order valence-electron chi connectivity index (χ2n) is 5.41. The number of fused-ring (bicyclic) bond motifs is 1. The number of hydrogen-bond donors (Lipinski definition) is 2. The number of aromatic nitrogens is 2. The van der Waals surface area contributed by atoms with E-state index in [1.54, 1.807) is 23.1 Å². The average molecular weight is 307 g/mol. The molecule has 0 unspecified atom stereocenters. The van der Waals surface area contributed by atoms with E-state index in [4.69, 9.17) is 4.74 Å². The van der Waals surface area contributed by atoms with Crippen molar-refractivity contribution < 1.29 is 14.3 Å². The molecule has 1 atom stereocenters.